The Morgan fingerprint density at radius 3 is 2.75 bits per heavy atom. The van der Waals surface area contributed by atoms with Gasteiger partial charge in [-0.1, -0.05) is 18.2 Å². The molecule has 1 aromatic carbocycles. The molecule has 6 nitrogen and oxygen atoms in total. The summed E-state index contributed by atoms with van der Waals surface area (Å²) < 4.78 is 29.9. The lowest BCUT2D eigenvalue weighted by Gasteiger charge is -2.31. The molecule has 0 bridgehead atoms. The number of para-hydroxylation sites is 1. The molecule has 2 fully saturated rings. The molecular weight excluding hydrogens is 328 g/mol. The highest BCUT2D eigenvalue weighted by Crippen LogP contribution is 2.37. The van der Waals surface area contributed by atoms with Gasteiger partial charge in [-0.05, 0) is 18.6 Å². The lowest BCUT2D eigenvalue weighted by atomic mass is 9.87. The van der Waals surface area contributed by atoms with Gasteiger partial charge < -0.3 is 10.1 Å². The molecule has 0 aromatic heterocycles. The van der Waals surface area contributed by atoms with Crippen LogP contribution in [0.15, 0.2) is 30.3 Å². The number of nitrogens with zero attached hydrogens (tertiary/aromatic N) is 1. The topological polar surface area (TPSA) is 75.7 Å². The van der Waals surface area contributed by atoms with Crippen molar-refractivity contribution in [2.45, 2.75) is 11.7 Å². The largest absolute Gasteiger partial charge is 0.383 e. The number of ether oxygens (including phenoxy) is 1. The van der Waals surface area contributed by atoms with Crippen molar-refractivity contribution in [3.8, 4) is 0 Å². The predicted octanol–water partition coefficient (Wildman–Crippen LogP) is 1.01. The maximum absolute atomic E-state index is 12.7. The second-order valence-electron chi connectivity index (χ2n) is 6.57. The Morgan fingerprint density at radius 2 is 2.04 bits per heavy atom. The van der Waals surface area contributed by atoms with Crippen LogP contribution in [0.4, 0.5) is 5.69 Å². The van der Waals surface area contributed by atoms with E-state index in [1.807, 2.05) is 30.3 Å². The summed E-state index contributed by atoms with van der Waals surface area (Å²) in [5.74, 6) is -0.366. The number of carbonyl (C=O) groups excluding carboxylic acids is 1. The molecule has 3 rings (SSSR count). The van der Waals surface area contributed by atoms with Gasteiger partial charge in [0.2, 0.25) is 5.91 Å². The zero-order chi connectivity index (χ0) is 17.2. The van der Waals surface area contributed by atoms with Crippen LogP contribution in [0.1, 0.15) is 6.42 Å². The van der Waals surface area contributed by atoms with E-state index in [1.165, 1.54) is 0 Å². The molecule has 2 saturated heterocycles. The molecule has 7 heteroatoms. The third kappa shape index (κ3) is 3.63. The normalized spacial score (nSPS) is 29.1. The van der Waals surface area contributed by atoms with Crippen molar-refractivity contribution in [2.75, 3.05) is 44.4 Å². The maximum Gasteiger partial charge on any atom is 0.227 e. The van der Waals surface area contributed by atoms with Gasteiger partial charge in [0.25, 0.3) is 0 Å². The Kier molecular flexibility index (Phi) is 5.22. The minimum absolute atomic E-state index is 0.0697. The zero-order valence-corrected chi connectivity index (χ0v) is 14.7. The molecular formula is C17H24N2O4S. The third-order valence-electron chi connectivity index (χ3n) is 5.07. The number of sulfone groups is 1. The molecule has 0 aliphatic carbocycles. The SMILES string of the molecule is COCCN1C[C@H]2[C@H](C(=O)Nc3ccccc3)CCS(=O)(=O)[C@H]2C1. The number of methoxy groups -OCH3 is 1. The van der Waals surface area contributed by atoms with Crippen LogP contribution in [-0.4, -0.2) is 63.6 Å². The van der Waals surface area contributed by atoms with Crippen LogP contribution in [-0.2, 0) is 19.4 Å². The number of nitrogens with one attached hydrogen (secondary N) is 1. The minimum atomic E-state index is -3.12. The van der Waals surface area contributed by atoms with Crippen molar-refractivity contribution < 1.29 is 17.9 Å². The summed E-state index contributed by atoms with van der Waals surface area (Å²) in [5, 5.41) is 2.50. The molecule has 1 aromatic rings. The molecule has 1 N–H and O–H groups in total. The van der Waals surface area contributed by atoms with Gasteiger partial charge in [-0.15, -0.1) is 0 Å². The van der Waals surface area contributed by atoms with Crippen LogP contribution in [0.2, 0.25) is 0 Å². The van der Waals surface area contributed by atoms with Crippen molar-refractivity contribution in [3.05, 3.63) is 30.3 Å². The fraction of sp³-hybridized carbons (Fsp3) is 0.588. The van der Waals surface area contributed by atoms with Gasteiger partial charge in [0, 0.05) is 44.3 Å². The number of carbonyl (C=O) groups is 1. The van der Waals surface area contributed by atoms with Crippen molar-refractivity contribution >= 4 is 21.4 Å². The minimum Gasteiger partial charge on any atom is -0.383 e. The molecule has 24 heavy (non-hydrogen) atoms. The highest BCUT2D eigenvalue weighted by atomic mass is 32.2. The van der Waals surface area contributed by atoms with Gasteiger partial charge in [-0.3, -0.25) is 9.69 Å². The van der Waals surface area contributed by atoms with Gasteiger partial charge in [0.15, 0.2) is 9.84 Å². The second kappa shape index (κ2) is 7.21. The van der Waals surface area contributed by atoms with E-state index in [-0.39, 0.29) is 23.5 Å². The van der Waals surface area contributed by atoms with Crippen LogP contribution < -0.4 is 5.32 Å². The Balaban J connectivity index is 1.73. The van der Waals surface area contributed by atoms with E-state index in [1.54, 1.807) is 7.11 Å². The summed E-state index contributed by atoms with van der Waals surface area (Å²) in [6.45, 7) is 2.41. The molecule has 2 aliphatic heterocycles. The number of hydrogen-bond acceptors (Lipinski definition) is 5. The highest BCUT2D eigenvalue weighted by molar-refractivity contribution is 7.92. The Hall–Kier alpha value is -1.44. The predicted molar refractivity (Wildman–Crippen MR) is 92.6 cm³/mol. The monoisotopic (exact) mass is 352 g/mol. The summed E-state index contributed by atoms with van der Waals surface area (Å²) in [7, 11) is -1.49. The number of rotatable bonds is 5. The molecule has 2 aliphatic rings. The lowest BCUT2D eigenvalue weighted by Crippen LogP contribution is -2.45. The molecule has 0 unspecified atom stereocenters. The highest BCUT2D eigenvalue weighted by Gasteiger charge is 2.50. The standard InChI is InChI=1S/C17H24N2O4S/c1-23-9-8-19-11-15-14(7-10-24(21,22)16(15)12-19)17(20)18-13-5-3-2-4-6-13/h2-6,14-16H,7-12H2,1H3,(H,18,20)/t14-,15+,16+/m1/s1. The first kappa shape index (κ1) is 17.4. The van der Waals surface area contributed by atoms with Gasteiger partial charge in [0.1, 0.15) is 0 Å². The maximum atomic E-state index is 12.7. The zero-order valence-electron chi connectivity index (χ0n) is 13.8. The van der Waals surface area contributed by atoms with E-state index in [2.05, 4.69) is 10.2 Å². The first-order valence-corrected chi connectivity index (χ1v) is 10.0. The van der Waals surface area contributed by atoms with Gasteiger partial charge in [-0.2, -0.15) is 0 Å². The molecule has 0 spiro atoms. The third-order valence-corrected chi connectivity index (χ3v) is 7.29. The van der Waals surface area contributed by atoms with E-state index in [4.69, 9.17) is 4.74 Å². The van der Waals surface area contributed by atoms with Crippen molar-refractivity contribution in [1.82, 2.24) is 4.90 Å². The van der Waals surface area contributed by atoms with E-state index in [9.17, 15) is 13.2 Å². The number of amides is 1. The fourth-order valence-electron chi connectivity index (χ4n) is 3.79. The Bertz CT molecular complexity index is 677. The summed E-state index contributed by atoms with van der Waals surface area (Å²) in [6.07, 6.45) is 0.403. The van der Waals surface area contributed by atoms with Gasteiger partial charge >= 0.3 is 0 Å². The molecule has 132 valence electrons. The number of anilines is 1. The quantitative estimate of drug-likeness (QED) is 0.856. The van der Waals surface area contributed by atoms with E-state index in [0.717, 1.165) is 5.69 Å². The Labute approximate surface area is 143 Å². The molecule has 2 heterocycles. The fourth-order valence-corrected chi connectivity index (χ4v) is 5.92. The number of hydrogen-bond donors (Lipinski definition) is 1. The number of benzene rings is 1. The lowest BCUT2D eigenvalue weighted by molar-refractivity contribution is -0.121. The van der Waals surface area contributed by atoms with Crippen LogP contribution in [0.5, 0.6) is 0 Å². The van der Waals surface area contributed by atoms with E-state index in [0.29, 0.717) is 32.7 Å². The van der Waals surface area contributed by atoms with Gasteiger partial charge in [-0.25, -0.2) is 8.42 Å². The molecule has 3 atom stereocenters. The van der Waals surface area contributed by atoms with Crippen molar-refractivity contribution in [2.24, 2.45) is 11.8 Å². The number of likely N-dealkylation sites (tertiary alicyclic amines) is 1. The van der Waals surface area contributed by atoms with Crippen LogP contribution in [0.3, 0.4) is 0 Å². The average Bonchev–Trinajstić information content (AvgIpc) is 2.99. The van der Waals surface area contributed by atoms with Crippen LogP contribution in [0.25, 0.3) is 0 Å². The first-order chi connectivity index (χ1) is 11.5. The summed E-state index contributed by atoms with van der Waals surface area (Å²) in [5.41, 5.74) is 0.752. The average molecular weight is 352 g/mol. The van der Waals surface area contributed by atoms with Crippen LogP contribution in [0, 0.1) is 11.8 Å². The van der Waals surface area contributed by atoms with Crippen molar-refractivity contribution in [1.29, 1.82) is 0 Å². The van der Waals surface area contributed by atoms with Gasteiger partial charge in [0.05, 0.1) is 17.6 Å². The van der Waals surface area contributed by atoms with Crippen LogP contribution >= 0.6 is 0 Å². The second-order valence-corrected chi connectivity index (χ2v) is 8.91. The molecule has 0 radical (unpaired) electrons. The van der Waals surface area contributed by atoms with E-state index < -0.39 is 15.1 Å². The molecule has 0 saturated carbocycles. The summed E-state index contributed by atoms with van der Waals surface area (Å²) in [6, 6.07) is 9.31. The summed E-state index contributed by atoms with van der Waals surface area (Å²) in [4.78, 5) is 14.8. The van der Waals surface area contributed by atoms with Crippen molar-refractivity contribution in [3.63, 3.8) is 0 Å². The Morgan fingerprint density at radius 1 is 1.29 bits per heavy atom. The summed E-state index contributed by atoms with van der Waals surface area (Å²) >= 11 is 0. The first-order valence-electron chi connectivity index (χ1n) is 8.30. The number of fused-ring (bicyclic) bond motifs is 1. The smallest absolute Gasteiger partial charge is 0.227 e. The molecule has 1 amide bonds. The van der Waals surface area contributed by atoms with E-state index >= 15 is 0 Å².